The van der Waals surface area contributed by atoms with E-state index in [4.69, 9.17) is 4.74 Å². The van der Waals surface area contributed by atoms with Crippen molar-refractivity contribution in [2.24, 2.45) is 5.41 Å². The van der Waals surface area contributed by atoms with Gasteiger partial charge in [0.15, 0.2) is 0 Å². The lowest BCUT2D eigenvalue weighted by Crippen LogP contribution is -2.45. The van der Waals surface area contributed by atoms with Crippen molar-refractivity contribution in [3.8, 4) is 5.75 Å². The molecule has 1 rings (SSSR count). The predicted octanol–water partition coefficient (Wildman–Crippen LogP) is 4.30. The van der Waals surface area contributed by atoms with Gasteiger partial charge in [-0.25, -0.2) is 4.39 Å². The Labute approximate surface area is 122 Å². The second-order valence-electron chi connectivity index (χ2n) is 7.74. The molecule has 0 spiro atoms. The summed E-state index contributed by atoms with van der Waals surface area (Å²) in [6.45, 7) is 13.8. The SMILES string of the molecule is CC(C)(C)c1cc(F)cc(OCC(C)(O)C(C)(C)C)c1. The van der Waals surface area contributed by atoms with Gasteiger partial charge in [-0.05, 0) is 35.4 Å². The largest absolute Gasteiger partial charge is 0.490 e. The molecule has 3 heteroatoms. The van der Waals surface area contributed by atoms with E-state index in [0.29, 0.717) is 5.75 Å². The van der Waals surface area contributed by atoms with Crippen LogP contribution in [0, 0.1) is 11.2 Å². The highest BCUT2D eigenvalue weighted by Gasteiger charge is 2.36. The molecule has 0 aromatic heterocycles. The summed E-state index contributed by atoms with van der Waals surface area (Å²) in [5, 5.41) is 10.4. The van der Waals surface area contributed by atoms with Crippen LogP contribution in [0.1, 0.15) is 54.0 Å². The van der Waals surface area contributed by atoms with Crippen LogP contribution < -0.4 is 4.74 Å². The Kier molecular flexibility index (Phi) is 4.55. The molecule has 0 aliphatic heterocycles. The lowest BCUT2D eigenvalue weighted by atomic mass is 9.78. The van der Waals surface area contributed by atoms with Gasteiger partial charge in [-0.15, -0.1) is 0 Å². The Balaban J connectivity index is 2.92. The number of aliphatic hydroxyl groups is 1. The molecule has 1 aromatic rings. The molecule has 0 saturated heterocycles. The zero-order valence-corrected chi connectivity index (χ0v) is 13.7. The number of halogens is 1. The third kappa shape index (κ3) is 4.20. The highest BCUT2D eigenvalue weighted by Crippen LogP contribution is 2.32. The Morgan fingerprint density at radius 1 is 1.00 bits per heavy atom. The van der Waals surface area contributed by atoms with E-state index in [1.54, 1.807) is 6.92 Å². The molecule has 0 saturated carbocycles. The van der Waals surface area contributed by atoms with E-state index in [9.17, 15) is 9.50 Å². The van der Waals surface area contributed by atoms with Crippen LogP contribution in [0.3, 0.4) is 0 Å². The third-order valence-electron chi connectivity index (χ3n) is 3.87. The van der Waals surface area contributed by atoms with Gasteiger partial charge in [0.2, 0.25) is 0 Å². The first-order valence-corrected chi connectivity index (χ1v) is 6.99. The van der Waals surface area contributed by atoms with E-state index in [2.05, 4.69) is 0 Å². The summed E-state index contributed by atoms with van der Waals surface area (Å²) in [5.74, 6) is 0.141. The monoisotopic (exact) mass is 282 g/mol. The van der Waals surface area contributed by atoms with Crippen LogP contribution in [0.5, 0.6) is 5.75 Å². The van der Waals surface area contributed by atoms with Crippen LogP contribution in [0.15, 0.2) is 18.2 Å². The maximum atomic E-state index is 13.7. The molecule has 0 bridgehead atoms. The second-order valence-corrected chi connectivity index (χ2v) is 7.74. The van der Waals surface area contributed by atoms with Crippen molar-refractivity contribution in [1.29, 1.82) is 0 Å². The molecule has 0 fully saturated rings. The van der Waals surface area contributed by atoms with Gasteiger partial charge in [-0.1, -0.05) is 41.5 Å². The maximum Gasteiger partial charge on any atom is 0.127 e. The number of benzene rings is 1. The van der Waals surface area contributed by atoms with Crippen LogP contribution >= 0.6 is 0 Å². The lowest BCUT2D eigenvalue weighted by molar-refractivity contribution is -0.0725. The molecule has 0 amide bonds. The zero-order valence-electron chi connectivity index (χ0n) is 13.7. The quantitative estimate of drug-likeness (QED) is 0.895. The van der Waals surface area contributed by atoms with Crippen LogP contribution in [-0.2, 0) is 5.41 Å². The van der Waals surface area contributed by atoms with Gasteiger partial charge in [0.05, 0.1) is 0 Å². The van der Waals surface area contributed by atoms with Crippen molar-refractivity contribution >= 4 is 0 Å². The Hall–Kier alpha value is -1.09. The van der Waals surface area contributed by atoms with E-state index in [1.165, 1.54) is 12.1 Å². The Morgan fingerprint density at radius 3 is 2.00 bits per heavy atom. The van der Waals surface area contributed by atoms with E-state index in [1.807, 2.05) is 47.6 Å². The van der Waals surface area contributed by atoms with Gasteiger partial charge in [0.1, 0.15) is 23.8 Å². The first kappa shape index (κ1) is 17.0. The second kappa shape index (κ2) is 5.36. The molecule has 114 valence electrons. The van der Waals surface area contributed by atoms with Crippen molar-refractivity contribution in [3.05, 3.63) is 29.6 Å². The first-order chi connectivity index (χ1) is 8.83. The molecule has 2 nitrogen and oxygen atoms in total. The third-order valence-corrected chi connectivity index (χ3v) is 3.87. The molecule has 0 aliphatic rings. The van der Waals surface area contributed by atoms with Gasteiger partial charge in [-0.3, -0.25) is 0 Å². The molecule has 1 aromatic carbocycles. The topological polar surface area (TPSA) is 29.5 Å². The van der Waals surface area contributed by atoms with Crippen LogP contribution in [0.2, 0.25) is 0 Å². The van der Waals surface area contributed by atoms with E-state index < -0.39 is 5.60 Å². The molecular formula is C17H27FO2. The van der Waals surface area contributed by atoms with Gasteiger partial charge < -0.3 is 9.84 Å². The van der Waals surface area contributed by atoms with E-state index >= 15 is 0 Å². The summed E-state index contributed by atoms with van der Waals surface area (Å²) < 4.78 is 19.3. The smallest absolute Gasteiger partial charge is 0.127 e. The van der Waals surface area contributed by atoms with Crippen molar-refractivity contribution in [1.82, 2.24) is 0 Å². The summed E-state index contributed by atoms with van der Waals surface area (Å²) in [6.07, 6.45) is 0. The molecule has 0 heterocycles. The zero-order chi connectivity index (χ0) is 15.8. The molecule has 20 heavy (non-hydrogen) atoms. The summed E-state index contributed by atoms with van der Waals surface area (Å²) >= 11 is 0. The van der Waals surface area contributed by atoms with E-state index in [-0.39, 0.29) is 23.3 Å². The molecule has 1 unspecified atom stereocenters. The first-order valence-electron chi connectivity index (χ1n) is 6.99. The highest BCUT2D eigenvalue weighted by atomic mass is 19.1. The minimum Gasteiger partial charge on any atom is -0.490 e. The fourth-order valence-corrected chi connectivity index (χ4v) is 1.52. The number of hydrogen-bond donors (Lipinski definition) is 1. The average Bonchev–Trinajstić information content (AvgIpc) is 2.23. The minimum atomic E-state index is -0.985. The van der Waals surface area contributed by atoms with Gasteiger partial charge in [0.25, 0.3) is 0 Å². The van der Waals surface area contributed by atoms with Crippen molar-refractivity contribution in [2.45, 2.75) is 59.5 Å². The molecule has 1 atom stereocenters. The number of rotatable bonds is 3. The normalized spacial score (nSPS) is 15.8. The van der Waals surface area contributed by atoms with Crippen LogP contribution in [-0.4, -0.2) is 17.3 Å². The van der Waals surface area contributed by atoms with Crippen LogP contribution in [0.25, 0.3) is 0 Å². The summed E-state index contributed by atoms with van der Waals surface area (Å²) in [4.78, 5) is 0. The molecule has 0 aliphatic carbocycles. The fraction of sp³-hybridized carbons (Fsp3) is 0.647. The van der Waals surface area contributed by atoms with Gasteiger partial charge in [0, 0.05) is 6.07 Å². The number of hydrogen-bond acceptors (Lipinski definition) is 2. The van der Waals surface area contributed by atoms with Gasteiger partial charge in [-0.2, -0.15) is 0 Å². The van der Waals surface area contributed by atoms with Gasteiger partial charge >= 0.3 is 0 Å². The summed E-state index contributed by atoms with van der Waals surface area (Å²) in [5.41, 5.74) is -0.566. The average molecular weight is 282 g/mol. The predicted molar refractivity (Wildman–Crippen MR) is 80.7 cm³/mol. The Morgan fingerprint density at radius 2 is 1.55 bits per heavy atom. The molecule has 1 N–H and O–H groups in total. The molecule has 0 radical (unpaired) electrons. The minimum absolute atomic E-state index is 0.129. The fourth-order valence-electron chi connectivity index (χ4n) is 1.52. The Bertz CT molecular complexity index is 465. The standard InChI is InChI=1S/C17H27FO2/c1-15(2,3)12-8-13(18)10-14(9-12)20-11-17(7,19)16(4,5)6/h8-10,19H,11H2,1-7H3. The van der Waals surface area contributed by atoms with Crippen molar-refractivity contribution in [3.63, 3.8) is 0 Å². The number of ether oxygens (including phenoxy) is 1. The molecular weight excluding hydrogens is 255 g/mol. The lowest BCUT2D eigenvalue weighted by Gasteiger charge is -2.36. The summed E-state index contributed by atoms with van der Waals surface area (Å²) in [7, 11) is 0. The van der Waals surface area contributed by atoms with Crippen molar-refractivity contribution < 1.29 is 14.2 Å². The highest BCUT2D eigenvalue weighted by molar-refractivity contribution is 5.33. The van der Waals surface area contributed by atoms with Crippen LogP contribution in [0.4, 0.5) is 4.39 Å². The van der Waals surface area contributed by atoms with E-state index in [0.717, 1.165) is 5.56 Å². The maximum absolute atomic E-state index is 13.7. The summed E-state index contributed by atoms with van der Waals surface area (Å²) in [6, 6.07) is 4.71. The van der Waals surface area contributed by atoms with Crippen molar-refractivity contribution in [2.75, 3.05) is 6.61 Å².